The highest BCUT2D eigenvalue weighted by Gasteiger charge is 2.17. The second kappa shape index (κ2) is 11.3. The normalized spacial score (nSPS) is 12.1. The van der Waals surface area contributed by atoms with E-state index in [2.05, 4.69) is 10.0 Å². The summed E-state index contributed by atoms with van der Waals surface area (Å²) in [5.41, 5.74) is 2.59. The van der Waals surface area contributed by atoms with Crippen LogP contribution in [0, 0.1) is 6.92 Å². The van der Waals surface area contributed by atoms with E-state index in [9.17, 15) is 18.0 Å². The number of nitrogens with one attached hydrogen (secondary N) is 2. The van der Waals surface area contributed by atoms with Gasteiger partial charge in [0.05, 0.1) is 12.0 Å². The highest BCUT2D eigenvalue weighted by atomic mass is 32.2. The molecule has 0 aromatic heterocycles. The molecule has 9 heteroatoms. The summed E-state index contributed by atoms with van der Waals surface area (Å²) >= 11 is 0. The van der Waals surface area contributed by atoms with E-state index in [-0.39, 0.29) is 4.90 Å². The summed E-state index contributed by atoms with van der Waals surface area (Å²) in [4.78, 5) is 24.4. The molecular weight excluding hydrogens is 468 g/mol. The third-order valence-electron chi connectivity index (χ3n) is 4.89. The molecule has 8 nitrogen and oxygen atoms in total. The topological polar surface area (TPSA) is 111 Å². The summed E-state index contributed by atoms with van der Waals surface area (Å²) in [5.74, 6) is -0.532. The van der Waals surface area contributed by atoms with Crippen LogP contribution in [0.5, 0.6) is 5.75 Å². The van der Waals surface area contributed by atoms with Crippen molar-refractivity contribution in [3.8, 4) is 5.75 Å². The standard InChI is InChI=1S/C26H26N2O6S/c1-18-5-4-6-22(17-18)27-26(30)19(2)34-25(29)16-9-20-7-14-24(15-8-20)35(31,32)28-21-10-12-23(33-3)13-11-21/h4-17,19,28H,1-3H3,(H,27,30)/b16-9+. The van der Waals surface area contributed by atoms with Gasteiger partial charge in [-0.2, -0.15) is 0 Å². The second-order valence-electron chi connectivity index (χ2n) is 7.67. The molecule has 1 amide bonds. The number of benzene rings is 3. The van der Waals surface area contributed by atoms with Gasteiger partial charge in [0, 0.05) is 17.5 Å². The van der Waals surface area contributed by atoms with Crippen molar-refractivity contribution in [2.75, 3.05) is 17.1 Å². The number of sulfonamides is 1. The molecule has 0 aliphatic heterocycles. The van der Waals surface area contributed by atoms with E-state index >= 15 is 0 Å². The van der Waals surface area contributed by atoms with Crippen molar-refractivity contribution < 1.29 is 27.5 Å². The molecule has 0 radical (unpaired) electrons. The molecule has 0 saturated carbocycles. The molecule has 2 N–H and O–H groups in total. The predicted molar refractivity (Wildman–Crippen MR) is 135 cm³/mol. The number of carbonyl (C=O) groups is 2. The Labute approximate surface area is 204 Å². The fraction of sp³-hybridized carbons (Fsp3) is 0.154. The van der Waals surface area contributed by atoms with Crippen LogP contribution in [-0.2, 0) is 24.3 Å². The third kappa shape index (κ3) is 7.44. The molecule has 182 valence electrons. The smallest absolute Gasteiger partial charge is 0.331 e. The van der Waals surface area contributed by atoms with Crippen LogP contribution in [-0.4, -0.2) is 33.5 Å². The zero-order valence-electron chi connectivity index (χ0n) is 19.5. The third-order valence-corrected chi connectivity index (χ3v) is 6.29. The number of hydrogen-bond donors (Lipinski definition) is 2. The number of anilines is 2. The number of amides is 1. The lowest BCUT2D eigenvalue weighted by Gasteiger charge is -2.12. The first kappa shape index (κ1) is 25.5. The molecule has 1 atom stereocenters. The van der Waals surface area contributed by atoms with E-state index in [0.29, 0.717) is 22.7 Å². The maximum absolute atomic E-state index is 12.6. The van der Waals surface area contributed by atoms with Gasteiger partial charge in [0.25, 0.3) is 15.9 Å². The summed E-state index contributed by atoms with van der Waals surface area (Å²) < 4.78 is 37.9. The van der Waals surface area contributed by atoms with Crippen molar-refractivity contribution in [1.82, 2.24) is 0 Å². The number of carbonyl (C=O) groups excluding carboxylic acids is 2. The summed E-state index contributed by atoms with van der Waals surface area (Å²) in [6.07, 6.45) is 1.65. The number of esters is 1. The van der Waals surface area contributed by atoms with Gasteiger partial charge in [0.1, 0.15) is 5.75 Å². The number of ether oxygens (including phenoxy) is 2. The minimum absolute atomic E-state index is 0.0643. The van der Waals surface area contributed by atoms with Gasteiger partial charge in [-0.25, -0.2) is 13.2 Å². The predicted octanol–water partition coefficient (Wildman–Crippen LogP) is 4.39. The van der Waals surface area contributed by atoms with Crippen molar-refractivity contribution in [2.24, 2.45) is 0 Å². The molecule has 1 unspecified atom stereocenters. The number of rotatable bonds is 9. The van der Waals surface area contributed by atoms with Gasteiger partial charge in [0.2, 0.25) is 0 Å². The van der Waals surface area contributed by atoms with Gasteiger partial charge in [-0.15, -0.1) is 0 Å². The van der Waals surface area contributed by atoms with E-state index in [4.69, 9.17) is 9.47 Å². The Morgan fingerprint density at radius 2 is 1.63 bits per heavy atom. The Hall–Kier alpha value is -4.11. The average molecular weight is 495 g/mol. The van der Waals surface area contributed by atoms with Crippen LogP contribution in [0.4, 0.5) is 11.4 Å². The lowest BCUT2D eigenvalue weighted by molar-refractivity contribution is -0.148. The summed E-state index contributed by atoms with van der Waals surface area (Å²) in [6.45, 7) is 3.38. The van der Waals surface area contributed by atoms with E-state index < -0.39 is 28.0 Å². The molecule has 0 saturated heterocycles. The van der Waals surface area contributed by atoms with Gasteiger partial charge >= 0.3 is 5.97 Å². The van der Waals surface area contributed by atoms with Gasteiger partial charge in [0.15, 0.2) is 6.10 Å². The summed E-state index contributed by atoms with van der Waals surface area (Å²) in [6, 6.07) is 19.7. The minimum Gasteiger partial charge on any atom is -0.497 e. The monoisotopic (exact) mass is 494 g/mol. The number of hydrogen-bond acceptors (Lipinski definition) is 6. The van der Waals surface area contributed by atoms with Gasteiger partial charge in [-0.05, 0) is 79.6 Å². The maximum Gasteiger partial charge on any atom is 0.331 e. The SMILES string of the molecule is COc1ccc(NS(=O)(=O)c2ccc(/C=C/C(=O)OC(C)C(=O)Nc3cccc(C)c3)cc2)cc1. The van der Waals surface area contributed by atoms with Crippen LogP contribution < -0.4 is 14.8 Å². The first-order valence-corrected chi connectivity index (χ1v) is 12.2. The second-order valence-corrected chi connectivity index (χ2v) is 9.36. The van der Waals surface area contributed by atoms with Gasteiger partial charge < -0.3 is 14.8 Å². The molecule has 0 heterocycles. The Balaban J connectivity index is 1.55. The molecular formula is C26H26N2O6S. The quantitative estimate of drug-likeness (QED) is 0.337. The molecule has 0 spiro atoms. The van der Waals surface area contributed by atoms with E-state index in [1.807, 2.05) is 25.1 Å². The Kier molecular flexibility index (Phi) is 8.27. The molecule has 3 aromatic rings. The van der Waals surface area contributed by atoms with Crippen LogP contribution in [0.15, 0.2) is 83.8 Å². The molecule has 0 fully saturated rings. The van der Waals surface area contributed by atoms with Crippen molar-refractivity contribution in [3.63, 3.8) is 0 Å². The van der Waals surface area contributed by atoms with E-state index in [1.165, 1.54) is 38.3 Å². The average Bonchev–Trinajstić information content (AvgIpc) is 2.83. The maximum atomic E-state index is 12.6. The van der Waals surface area contributed by atoms with Crippen LogP contribution in [0.2, 0.25) is 0 Å². The van der Waals surface area contributed by atoms with Crippen LogP contribution in [0.3, 0.4) is 0 Å². The molecule has 0 aliphatic carbocycles. The first-order chi connectivity index (χ1) is 16.7. The van der Waals surface area contributed by atoms with E-state index in [0.717, 1.165) is 5.56 Å². The molecule has 3 aromatic carbocycles. The van der Waals surface area contributed by atoms with Crippen LogP contribution in [0.1, 0.15) is 18.1 Å². The lowest BCUT2D eigenvalue weighted by Crippen LogP contribution is -2.29. The Morgan fingerprint density at radius 1 is 0.943 bits per heavy atom. The first-order valence-electron chi connectivity index (χ1n) is 10.7. The molecule has 0 aliphatic rings. The van der Waals surface area contributed by atoms with E-state index in [1.54, 1.807) is 42.5 Å². The van der Waals surface area contributed by atoms with Crippen molar-refractivity contribution in [2.45, 2.75) is 24.8 Å². The fourth-order valence-corrected chi connectivity index (χ4v) is 4.09. The van der Waals surface area contributed by atoms with Crippen LogP contribution in [0.25, 0.3) is 6.08 Å². The van der Waals surface area contributed by atoms with Crippen LogP contribution >= 0.6 is 0 Å². The van der Waals surface area contributed by atoms with Crippen molar-refractivity contribution >= 4 is 39.4 Å². The Morgan fingerprint density at radius 3 is 2.26 bits per heavy atom. The number of aryl methyl sites for hydroxylation is 1. The zero-order chi connectivity index (χ0) is 25.4. The zero-order valence-corrected chi connectivity index (χ0v) is 20.3. The van der Waals surface area contributed by atoms with Crippen molar-refractivity contribution in [3.05, 3.63) is 90.0 Å². The molecule has 0 bridgehead atoms. The molecule has 35 heavy (non-hydrogen) atoms. The van der Waals surface area contributed by atoms with Gasteiger partial charge in [-0.1, -0.05) is 24.3 Å². The summed E-state index contributed by atoms with van der Waals surface area (Å²) in [5, 5.41) is 2.70. The minimum atomic E-state index is -3.79. The Bertz CT molecular complexity index is 1320. The fourth-order valence-electron chi connectivity index (χ4n) is 3.03. The highest BCUT2D eigenvalue weighted by Crippen LogP contribution is 2.20. The largest absolute Gasteiger partial charge is 0.497 e. The summed E-state index contributed by atoms with van der Waals surface area (Å²) in [7, 11) is -2.26. The van der Waals surface area contributed by atoms with Gasteiger partial charge in [-0.3, -0.25) is 9.52 Å². The highest BCUT2D eigenvalue weighted by molar-refractivity contribution is 7.92. The number of methoxy groups -OCH3 is 1. The lowest BCUT2D eigenvalue weighted by atomic mass is 10.2. The molecule has 3 rings (SSSR count). The van der Waals surface area contributed by atoms with Crippen molar-refractivity contribution in [1.29, 1.82) is 0 Å².